The van der Waals surface area contributed by atoms with Crippen LogP contribution in [0.25, 0.3) is 0 Å². The molecule has 1 saturated heterocycles. The first-order valence-electron chi connectivity index (χ1n) is 6.78. The van der Waals surface area contributed by atoms with Gasteiger partial charge in [0.05, 0.1) is 11.0 Å². The van der Waals surface area contributed by atoms with Crippen molar-refractivity contribution >= 4 is 17.5 Å². The van der Waals surface area contributed by atoms with Gasteiger partial charge in [0, 0.05) is 13.1 Å². The minimum absolute atomic E-state index is 0.0513. The summed E-state index contributed by atoms with van der Waals surface area (Å²) in [6.07, 6.45) is 0.00293. The Balaban J connectivity index is 2.06. The van der Waals surface area contributed by atoms with Gasteiger partial charge >= 0.3 is 11.7 Å². The third-order valence-electron chi connectivity index (χ3n) is 3.46. The first-order valence-corrected chi connectivity index (χ1v) is 6.78. The minimum atomic E-state index is -0.974. The van der Waals surface area contributed by atoms with Crippen molar-refractivity contribution in [1.82, 2.24) is 9.78 Å². The van der Waals surface area contributed by atoms with E-state index in [1.165, 1.54) is 4.68 Å². The highest BCUT2D eigenvalue weighted by molar-refractivity contribution is 5.72. The monoisotopic (exact) mass is 298 g/mol. The molecule has 116 valence electrons. The van der Waals surface area contributed by atoms with Crippen LogP contribution in [0.2, 0.25) is 0 Å². The number of hydrogen-bond donors (Lipinski definition) is 2. The molecule has 0 aliphatic carbocycles. The van der Waals surface area contributed by atoms with Gasteiger partial charge in [-0.25, -0.2) is 9.48 Å². The molecule has 0 spiro atoms. The highest BCUT2D eigenvalue weighted by Gasteiger charge is 2.31. The average molecular weight is 298 g/mol. The Hall–Kier alpha value is -2.16. The highest BCUT2D eigenvalue weighted by atomic mass is 16.6. The summed E-state index contributed by atoms with van der Waals surface area (Å²) in [6.45, 7) is 4.24. The maximum Gasteiger partial charge on any atom is 0.333 e. The fourth-order valence-corrected chi connectivity index (χ4v) is 2.44. The van der Waals surface area contributed by atoms with Crippen LogP contribution in [-0.4, -0.2) is 44.5 Å². The molecule has 0 aromatic carbocycles. The Morgan fingerprint density at radius 2 is 2.33 bits per heavy atom. The van der Waals surface area contributed by atoms with Gasteiger partial charge in [-0.15, -0.1) is 0 Å². The van der Waals surface area contributed by atoms with Crippen LogP contribution in [0, 0.1) is 17.0 Å². The van der Waals surface area contributed by atoms with Crippen molar-refractivity contribution in [3.05, 3.63) is 15.8 Å². The summed E-state index contributed by atoms with van der Waals surface area (Å²) in [5.41, 5.74) is 0.296. The van der Waals surface area contributed by atoms with Crippen molar-refractivity contribution in [2.45, 2.75) is 45.4 Å². The van der Waals surface area contributed by atoms with E-state index in [0.717, 1.165) is 0 Å². The molecular formula is C12H18N4O5. The first-order chi connectivity index (χ1) is 9.93. The van der Waals surface area contributed by atoms with Crippen molar-refractivity contribution in [3.8, 4) is 0 Å². The van der Waals surface area contributed by atoms with Crippen LogP contribution in [0.3, 0.4) is 0 Å². The predicted molar refractivity (Wildman–Crippen MR) is 73.3 cm³/mol. The Morgan fingerprint density at radius 1 is 1.62 bits per heavy atom. The number of carboxylic acids is 1. The molecule has 0 saturated carbocycles. The molecule has 1 fully saturated rings. The third-order valence-corrected chi connectivity index (χ3v) is 3.46. The second kappa shape index (κ2) is 6.08. The van der Waals surface area contributed by atoms with E-state index in [1.54, 1.807) is 6.92 Å². The van der Waals surface area contributed by atoms with Crippen molar-refractivity contribution in [2.24, 2.45) is 0 Å². The van der Waals surface area contributed by atoms with Crippen LogP contribution in [0.1, 0.15) is 25.5 Å². The molecule has 9 heteroatoms. The molecule has 9 nitrogen and oxygen atoms in total. The van der Waals surface area contributed by atoms with E-state index in [2.05, 4.69) is 10.4 Å². The van der Waals surface area contributed by atoms with Gasteiger partial charge in [0.15, 0.2) is 6.10 Å². The molecule has 2 rings (SSSR count). The number of nitrogens with one attached hydrogen (secondary N) is 1. The van der Waals surface area contributed by atoms with E-state index in [-0.39, 0.29) is 11.8 Å². The second-order valence-corrected chi connectivity index (χ2v) is 4.90. The van der Waals surface area contributed by atoms with Gasteiger partial charge in [-0.2, -0.15) is 5.10 Å². The molecule has 0 amide bonds. The number of aryl methyl sites for hydroxylation is 2. The van der Waals surface area contributed by atoms with Crippen molar-refractivity contribution < 1.29 is 19.6 Å². The lowest BCUT2D eigenvalue weighted by atomic mass is 10.2. The summed E-state index contributed by atoms with van der Waals surface area (Å²) in [6, 6.07) is 0. The maximum atomic E-state index is 11.1. The van der Waals surface area contributed by atoms with Crippen molar-refractivity contribution in [1.29, 1.82) is 0 Å². The number of rotatable bonds is 6. The fourth-order valence-electron chi connectivity index (χ4n) is 2.44. The number of nitro groups is 1. The quantitative estimate of drug-likeness (QED) is 0.597. The van der Waals surface area contributed by atoms with E-state index in [9.17, 15) is 14.9 Å². The number of nitrogens with zero attached hydrogens (tertiary/aromatic N) is 3. The molecule has 2 N–H and O–H groups in total. The van der Waals surface area contributed by atoms with Crippen LogP contribution in [0.5, 0.6) is 0 Å². The molecule has 1 aliphatic rings. The number of ether oxygens (including phenoxy) is 1. The smallest absolute Gasteiger partial charge is 0.333 e. The molecule has 0 bridgehead atoms. The topological polar surface area (TPSA) is 120 Å². The fraction of sp³-hybridized carbons (Fsp3) is 0.667. The maximum absolute atomic E-state index is 11.1. The van der Waals surface area contributed by atoms with E-state index in [4.69, 9.17) is 9.84 Å². The number of aromatic nitrogens is 2. The van der Waals surface area contributed by atoms with Crippen LogP contribution in [-0.2, 0) is 16.1 Å². The number of hydrogen-bond acceptors (Lipinski definition) is 6. The predicted octanol–water partition coefficient (Wildman–Crippen LogP) is 1.16. The zero-order chi connectivity index (χ0) is 15.6. The third kappa shape index (κ3) is 3.13. The molecule has 1 aromatic rings. The summed E-state index contributed by atoms with van der Waals surface area (Å²) in [4.78, 5) is 21.5. The Bertz CT molecular complexity index is 556. The molecule has 2 unspecified atom stereocenters. The number of carboxylic acid groups (broad SMARTS) is 1. The summed E-state index contributed by atoms with van der Waals surface area (Å²) < 4.78 is 6.89. The van der Waals surface area contributed by atoms with Gasteiger partial charge in [0.25, 0.3) is 0 Å². The summed E-state index contributed by atoms with van der Waals surface area (Å²) in [7, 11) is 0. The van der Waals surface area contributed by atoms with Gasteiger partial charge in [0.2, 0.25) is 5.82 Å². The highest BCUT2D eigenvalue weighted by Crippen LogP contribution is 2.29. The van der Waals surface area contributed by atoms with E-state index >= 15 is 0 Å². The van der Waals surface area contributed by atoms with E-state index in [1.807, 2.05) is 6.92 Å². The molecule has 2 heterocycles. The minimum Gasteiger partial charge on any atom is -0.479 e. The van der Waals surface area contributed by atoms with Gasteiger partial charge in [0.1, 0.15) is 5.69 Å². The summed E-state index contributed by atoms with van der Waals surface area (Å²) in [5, 5.41) is 27.1. The number of carbonyl (C=O) groups is 1. The summed E-state index contributed by atoms with van der Waals surface area (Å²) >= 11 is 0. The number of aliphatic carboxylic acids is 1. The van der Waals surface area contributed by atoms with E-state index in [0.29, 0.717) is 37.4 Å². The lowest BCUT2D eigenvalue weighted by Gasteiger charge is -2.13. The van der Waals surface area contributed by atoms with E-state index < -0.39 is 17.0 Å². The first kappa shape index (κ1) is 15.2. The van der Waals surface area contributed by atoms with Crippen LogP contribution in [0.15, 0.2) is 0 Å². The van der Waals surface area contributed by atoms with Crippen LogP contribution in [0.4, 0.5) is 11.5 Å². The average Bonchev–Trinajstić information content (AvgIpc) is 3.00. The van der Waals surface area contributed by atoms with Crippen molar-refractivity contribution in [2.75, 3.05) is 11.9 Å². The second-order valence-electron chi connectivity index (χ2n) is 4.90. The largest absolute Gasteiger partial charge is 0.479 e. The van der Waals surface area contributed by atoms with Crippen LogP contribution < -0.4 is 5.32 Å². The Kier molecular flexibility index (Phi) is 4.41. The van der Waals surface area contributed by atoms with Gasteiger partial charge in [-0.05, 0) is 26.7 Å². The van der Waals surface area contributed by atoms with Gasteiger partial charge in [-0.1, -0.05) is 0 Å². The number of anilines is 1. The lowest BCUT2D eigenvalue weighted by Crippen LogP contribution is -2.25. The van der Waals surface area contributed by atoms with Crippen molar-refractivity contribution in [3.63, 3.8) is 0 Å². The van der Waals surface area contributed by atoms with Crippen LogP contribution >= 0.6 is 0 Å². The molecule has 21 heavy (non-hydrogen) atoms. The molecular weight excluding hydrogens is 280 g/mol. The lowest BCUT2D eigenvalue weighted by molar-refractivity contribution is -0.384. The standard InChI is InChI=1S/C12H18N4O5/c1-3-15-11(10(16(19)20)7(2)14-15)13-6-8-4-5-9(21-8)12(17)18/h8-9,13H,3-6H2,1-2H3,(H,17,18). The normalized spacial score (nSPS) is 21.4. The zero-order valence-electron chi connectivity index (χ0n) is 11.9. The summed E-state index contributed by atoms with van der Waals surface area (Å²) in [5.74, 6) is -0.639. The molecule has 2 atom stereocenters. The van der Waals surface area contributed by atoms with Gasteiger partial charge in [-0.3, -0.25) is 10.1 Å². The molecule has 1 aliphatic heterocycles. The molecule has 1 aromatic heterocycles. The Labute approximate surface area is 121 Å². The Morgan fingerprint density at radius 3 is 2.86 bits per heavy atom. The zero-order valence-corrected chi connectivity index (χ0v) is 11.9. The molecule has 0 radical (unpaired) electrons. The SMILES string of the molecule is CCn1nc(C)c([N+](=O)[O-])c1NCC1CCC(C(=O)O)O1. The van der Waals surface area contributed by atoms with Gasteiger partial charge < -0.3 is 15.2 Å².